The monoisotopic (exact) mass is 403 g/mol. The minimum absolute atomic E-state index is 0.0170. The molecule has 1 fully saturated rings. The first kappa shape index (κ1) is 23.9. The van der Waals surface area contributed by atoms with E-state index in [0.29, 0.717) is 12.8 Å². The van der Waals surface area contributed by atoms with E-state index in [-0.39, 0.29) is 17.7 Å². The first-order valence-corrected chi connectivity index (χ1v) is 12.4. The Bertz CT molecular complexity index is 537. The molecule has 0 bridgehead atoms. The van der Waals surface area contributed by atoms with E-state index < -0.39 is 38.1 Å². The van der Waals surface area contributed by atoms with Gasteiger partial charge in [-0.15, -0.1) is 0 Å². The molecule has 0 saturated carbocycles. The molecule has 0 aromatic heterocycles. The molecule has 0 unspecified atom stereocenters. The number of rotatable bonds is 5. The third kappa shape index (κ3) is 5.92. The highest BCUT2D eigenvalue weighted by Gasteiger charge is 2.52. The van der Waals surface area contributed by atoms with Gasteiger partial charge in [-0.05, 0) is 45.3 Å². The maximum Gasteiger partial charge on any atom is 0.411 e. The topological polar surface area (TPSA) is 85.3 Å². The summed E-state index contributed by atoms with van der Waals surface area (Å²) in [7, 11) is -0.835. The Labute approximate surface area is 164 Å². The maximum atomic E-state index is 12.9. The van der Waals surface area contributed by atoms with Crippen molar-refractivity contribution in [2.24, 2.45) is 0 Å². The molecule has 1 heterocycles. The molecule has 1 amide bonds. The quantitative estimate of drug-likeness (QED) is 0.560. The molecule has 0 aromatic carbocycles. The third-order valence-electron chi connectivity index (χ3n) is 5.33. The van der Waals surface area contributed by atoms with Crippen molar-refractivity contribution in [1.29, 1.82) is 0 Å². The molecule has 0 aliphatic carbocycles. The van der Waals surface area contributed by atoms with E-state index in [9.17, 15) is 14.7 Å². The first-order chi connectivity index (χ1) is 12.1. The summed E-state index contributed by atoms with van der Waals surface area (Å²) in [6.45, 7) is 15.9. The summed E-state index contributed by atoms with van der Waals surface area (Å²) >= 11 is 0. The zero-order valence-corrected chi connectivity index (χ0v) is 19.3. The summed E-state index contributed by atoms with van der Waals surface area (Å²) in [4.78, 5) is 26.6. The first-order valence-electron chi connectivity index (χ1n) is 9.52. The predicted octanol–water partition coefficient (Wildman–Crippen LogP) is 3.31. The number of aliphatic hydroxyl groups is 1. The predicted molar refractivity (Wildman–Crippen MR) is 106 cm³/mol. The van der Waals surface area contributed by atoms with E-state index in [1.165, 1.54) is 12.0 Å². The van der Waals surface area contributed by atoms with Crippen molar-refractivity contribution in [3.8, 4) is 0 Å². The van der Waals surface area contributed by atoms with E-state index in [4.69, 9.17) is 13.9 Å². The fraction of sp³-hybridized carbons (Fsp3) is 0.895. The molecule has 158 valence electrons. The van der Waals surface area contributed by atoms with Crippen LogP contribution < -0.4 is 0 Å². The molecule has 0 spiro atoms. The SMILES string of the molecule is COC(=O)[C@@H]1C[C@@H](O[Si](C)(C)C(C)(C)C)[C@@H](CCO)N1C(=O)OC(C)(C)C. The van der Waals surface area contributed by atoms with E-state index >= 15 is 0 Å². The summed E-state index contributed by atoms with van der Waals surface area (Å²) in [6, 6.07) is -1.22. The lowest BCUT2D eigenvalue weighted by molar-refractivity contribution is -0.146. The van der Waals surface area contributed by atoms with Crippen LogP contribution in [-0.4, -0.2) is 67.9 Å². The second-order valence-electron chi connectivity index (χ2n) is 9.66. The van der Waals surface area contributed by atoms with Crippen LogP contribution in [0, 0.1) is 0 Å². The Morgan fingerprint density at radius 1 is 1.15 bits per heavy atom. The highest BCUT2D eigenvalue weighted by molar-refractivity contribution is 6.74. The van der Waals surface area contributed by atoms with Gasteiger partial charge in [-0.1, -0.05) is 20.8 Å². The highest BCUT2D eigenvalue weighted by atomic mass is 28.4. The van der Waals surface area contributed by atoms with Crippen molar-refractivity contribution < 1.29 is 28.6 Å². The molecular weight excluding hydrogens is 366 g/mol. The van der Waals surface area contributed by atoms with Gasteiger partial charge in [0.15, 0.2) is 8.32 Å². The average Bonchev–Trinajstić information content (AvgIpc) is 2.82. The molecule has 0 radical (unpaired) electrons. The van der Waals surface area contributed by atoms with Gasteiger partial charge < -0.3 is 19.0 Å². The summed E-state index contributed by atoms with van der Waals surface area (Å²) in [6.07, 6.45) is -0.290. The zero-order valence-electron chi connectivity index (χ0n) is 18.3. The highest BCUT2D eigenvalue weighted by Crippen LogP contribution is 2.41. The largest absolute Gasteiger partial charge is 0.467 e. The smallest absolute Gasteiger partial charge is 0.411 e. The molecule has 1 rings (SSSR count). The number of hydrogen-bond acceptors (Lipinski definition) is 6. The van der Waals surface area contributed by atoms with E-state index in [0.717, 1.165) is 0 Å². The lowest BCUT2D eigenvalue weighted by atomic mass is 10.1. The Hall–Kier alpha value is -1.12. The normalized spacial score (nSPS) is 24.1. The fourth-order valence-electron chi connectivity index (χ4n) is 2.96. The molecule has 7 nitrogen and oxygen atoms in total. The number of esters is 1. The Kier molecular flexibility index (Phi) is 7.52. The lowest BCUT2D eigenvalue weighted by Crippen LogP contribution is -2.51. The van der Waals surface area contributed by atoms with E-state index in [1.54, 1.807) is 20.8 Å². The minimum atomic E-state index is -2.14. The summed E-state index contributed by atoms with van der Waals surface area (Å²) in [5, 5.41) is 9.56. The minimum Gasteiger partial charge on any atom is -0.467 e. The molecule has 27 heavy (non-hydrogen) atoms. The van der Waals surface area contributed by atoms with Gasteiger partial charge in [-0.2, -0.15) is 0 Å². The van der Waals surface area contributed by atoms with Crippen LogP contribution in [0.1, 0.15) is 54.4 Å². The second kappa shape index (κ2) is 8.49. The number of amides is 1. The van der Waals surface area contributed by atoms with Gasteiger partial charge in [-0.25, -0.2) is 9.59 Å². The number of likely N-dealkylation sites (tertiary alicyclic amines) is 1. The van der Waals surface area contributed by atoms with Crippen LogP contribution >= 0.6 is 0 Å². The lowest BCUT2D eigenvalue weighted by Gasteiger charge is -2.40. The standard InChI is InChI=1S/C19H37NO6Si/c1-18(2,3)25-17(23)20-13(10-11-21)15(12-14(20)16(22)24-7)26-27(8,9)19(4,5)6/h13-15,21H,10-12H2,1-9H3/t13-,14+,15-/m1/s1. The van der Waals surface area contributed by atoms with Crippen molar-refractivity contribution in [3.63, 3.8) is 0 Å². The molecular formula is C19H37NO6Si. The van der Waals surface area contributed by atoms with Crippen molar-refractivity contribution >= 4 is 20.4 Å². The number of carbonyl (C=O) groups is 2. The maximum absolute atomic E-state index is 12.9. The molecule has 3 atom stereocenters. The van der Waals surface area contributed by atoms with Crippen LogP contribution in [0.4, 0.5) is 4.79 Å². The number of ether oxygens (including phenoxy) is 2. The van der Waals surface area contributed by atoms with Crippen molar-refractivity contribution in [3.05, 3.63) is 0 Å². The van der Waals surface area contributed by atoms with Gasteiger partial charge in [0.1, 0.15) is 11.6 Å². The second-order valence-corrected chi connectivity index (χ2v) is 14.4. The summed E-state index contributed by atoms with van der Waals surface area (Å²) in [5.41, 5.74) is -0.695. The van der Waals surface area contributed by atoms with Gasteiger partial charge in [0.2, 0.25) is 0 Å². The van der Waals surface area contributed by atoms with Crippen LogP contribution in [0.3, 0.4) is 0 Å². The van der Waals surface area contributed by atoms with Gasteiger partial charge >= 0.3 is 12.1 Å². The fourth-order valence-corrected chi connectivity index (χ4v) is 4.33. The molecule has 1 saturated heterocycles. The van der Waals surface area contributed by atoms with Gasteiger partial charge in [0, 0.05) is 13.0 Å². The van der Waals surface area contributed by atoms with Crippen molar-refractivity contribution in [1.82, 2.24) is 4.90 Å². The number of nitrogens with zero attached hydrogens (tertiary/aromatic N) is 1. The van der Waals surface area contributed by atoms with E-state index in [1.807, 2.05) is 0 Å². The number of aliphatic hydroxyl groups excluding tert-OH is 1. The van der Waals surface area contributed by atoms with Crippen molar-refractivity contribution in [2.45, 2.75) is 96.3 Å². The molecule has 1 aliphatic rings. The van der Waals surface area contributed by atoms with Crippen LogP contribution in [-0.2, 0) is 18.7 Å². The van der Waals surface area contributed by atoms with Crippen LogP contribution in [0.25, 0.3) is 0 Å². The Balaban J connectivity index is 3.23. The third-order valence-corrected chi connectivity index (χ3v) is 9.84. The molecule has 8 heteroatoms. The molecule has 1 aliphatic heterocycles. The molecule has 1 N–H and O–H groups in total. The average molecular weight is 404 g/mol. The van der Waals surface area contributed by atoms with Gasteiger partial charge in [0.25, 0.3) is 0 Å². The zero-order chi connectivity index (χ0) is 21.2. The number of hydrogen-bond donors (Lipinski definition) is 1. The van der Waals surface area contributed by atoms with Gasteiger partial charge in [0.05, 0.1) is 19.3 Å². The molecule has 0 aromatic rings. The van der Waals surface area contributed by atoms with Crippen molar-refractivity contribution in [2.75, 3.05) is 13.7 Å². The van der Waals surface area contributed by atoms with Crippen LogP contribution in [0.15, 0.2) is 0 Å². The Morgan fingerprint density at radius 2 is 1.70 bits per heavy atom. The van der Waals surface area contributed by atoms with Crippen LogP contribution in [0.5, 0.6) is 0 Å². The van der Waals surface area contributed by atoms with Crippen LogP contribution in [0.2, 0.25) is 18.1 Å². The number of methoxy groups -OCH3 is 1. The van der Waals surface area contributed by atoms with E-state index in [2.05, 4.69) is 33.9 Å². The van der Waals surface area contributed by atoms with Gasteiger partial charge in [-0.3, -0.25) is 4.90 Å². The summed E-state index contributed by atoms with van der Waals surface area (Å²) in [5.74, 6) is -0.495. The summed E-state index contributed by atoms with van der Waals surface area (Å²) < 4.78 is 17.0. The number of carbonyl (C=O) groups excluding carboxylic acids is 2. The Morgan fingerprint density at radius 3 is 2.11 bits per heavy atom.